The fourth-order valence-electron chi connectivity index (χ4n) is 2.36. The van der Waals surface area contributed by atoms with E-state index in [4.69, 9.17) is 0 Å². The molecule has 2 aromatic carbocycles. The molecule has 1 heterocycles. The van der Waals surface area contributed by atoms with E-state index in [1.807, 2.05) is 25.2 Å². The van der Waals surface area contributed by atoms with Crippen molar-refractivity contribution in [1.29, 1.82) is 0 Å². The molecule has 0 aliphatic rings. The third kappa shape index (κ3) is 2.19. The monoisotopic (exact) mass is 254 g/mol. The highest BCUT2D eigenvalue weighted by Gasteiger charge is 2.06. The maximum atomic E-state index is 13.5. The van der Waals surface area contributed by atoms with Gasteiger partial charge < -0.3 is 9.88 Å². The van der Waals surface area contributed by atoms with Crippen molar-refractivity contribution in [2.24, 2.45) is 7.05 Å². The van der Waals surface area contributed by atoms with E-state index in [2.05, 4.69) is 28.2 Å². The largest absolute Gasteiger partial charge is 0.379 e. The zero-order valence-electron chi connectivity index (χ0n) is 10.7. The summed E-state index contributed by atoms with van der Waals surface area (Å²) in [5.74, 6) is -0.220. The van der Waals surface area contributed by atoms with Gasteiger partial charge in [0.05, 0.1) is 5.69 Å². The summed E-state index contributed by atoms with van der Waals surface area (Å²) >= 11 is 0. The Morgan fingerprint density at radius 2 is 1.79 bits per heavy atom. The van der Waals surface area contributed by atoms with E-state index in [-0.39, 0.29) is 5.82 Å². The topological polar surface area (TPSA) is 17.0 Å². The number of nitrogens with one attached hydrogen (secondary N) is 1. The summed E-state index contributed by atoms with van der Waals surface area (Å²) in [4.78, 5) is 0. The maximum absolute atomic E-state index is 13.5. The van der Waals surface area contributed by atoms with Crippen LogP contribution in [0.4, 0.5) is 10.1 Å². The van der Waals surface area contributed by atoms with Gasteiger partial charge in [0.1, 0.15) is 5.82 Å². The molecule has 0 unspecified atom stereocenters. The second-order valence-corrected chi connectivity index (χ2v) is 4.62. The minimum Gasteiger partial charge on any atom is -0.379 e. The Kier molecular flexibility index (Phi) is 2.95. The van der Waals surface area contributed by atoms with Crippen LogP contribution in [-0.2, 0) is 13.6 Å². The van der Waals surface area contributed by atoms with Crippen LogP contribution in [0.2, 0.25) is 0 Å². The van der Waals surface area contributed by atoms with Crippen LogP contribution in [0.25, 0.3) is 10.9 Å². The van der Waals surface area contributed by atoms with Crippen LogP contribution in [0, 0.1) is 5.82 Å². The summed E-state index contributed by atoms with van der Waals surface area (Å²) < 4.78 is 15.6. The predicted octanol–water partition coefficient (Wildman–Crippen LogP) is 3.93. The van der Waals surface area contributed by atoms with Gasteiger partial charge in [-0.05, 0) is 23.8 Å². The highest BCUT2D eigenvalue weighted by atomic mass is 19.1. The standard InChI is InChI=1S/C16H15FN2/c1-19-11-12(13-6-2-5-9-16(13)19)10-18-15-8-4-3-7-14(15)17/h2-9,11,18H,10H2,1H3. The third-order valence-electron chi connectivity index (χ3n) is 3.32. The van der Waals surface area contributed by atoms with Crippen molar-refractivity contribution in [1.82, 2.24) is 4.57 Å². The van der Waals surface area contributed by atoms with Crippen LogP contribution in [0.5, 0.6) is 0 Å². The number of nitrogens with zero attached hydrogens (tertiary/aromatic N) is 1. The van der Waals surface area contributed by atoms with Gasteiger partial charge in [0.25, 0.3) is 0 Å². The molecule has 0 saturated carbocycles. The SMILES string of the molecule is Cn1cc(CNc2ccccc2F)c2ccccc21. The molecule has 0 saturated heterocycles. The number of aryl methyl sites for hydroxylation is 1. The van der Waals surface area contributed by atoms with Crippen molar-refractivity contribution < 1.29 is 4.39 Å². The summed E-state index contributed by atoms with van der Waals surface area (Å²) in [5, 5.41) is 4.35. The van der Waals surface area contributed by atoms with Crippen molar-refractivity contribution in [3.8, 4) is 0 Å². The Labute approximate surface area is 111 Å². The number of anilines is 1. The van der Waals surface area contributed by atoms with Crippen LogP contribution in [0.1, 0.15) is 5.56 Å². The van der Waals surface area contributed by atoms with Crippen LogP contribution < -0.4 is 5.32 Å². The number of benzene rings is 2. The fourth-order valence-corrected chi connectivity index (χ4v) is 2.36. The molecule has 0 atom stereocenters. The van der Waals surface area contributed by atoms with Crippen LogP contribution in [0.15, 0.2) is 54.7 Å². The molecule has 0 bridgehead atoms. The van der Waals surface area contributed by atoms with Crippen LogP contribution >= 0.6 is 0 Å². The van der Waals surface area contributed by atoms with E-state index < -0.39 is 0 Å². The molecular weight excluding hydrogens is 239 g/mol. The number of para-hydroxylation sites is 2. The first-order valence-corrected chi connectivity index (χ1v) is 6.27. The van der Waals surface area contributed by atoms with E-state index >= 15 is 0 Å². The lowest BCUT2D eigenvalue weighted by atomic mass is 10.2. The summed E-state index contributed by atoms with van der Waals surface area (Å²) in [6.07, 6.45) is 2.08. The van der Waals surface area contributed by atoms with Crippen LogP contribution in [-0.4, -0.2) is 4.57 Å². The lowest BCUT2D eigenvalue weighted by Gasteiger charge is -2.06. The molecule has 3 rings (SSSR count). The Morgan fingerprint density at radius 3 is 2.63 bits per heavy atom. The Bertz CT molecular complexity index is 716. The fraction of sp³-hybridized carbons (Fsp3) is 0.125. The summed E-state index contributed by atoms with van der Waals surface area (Å²) in [7, 11) is 2.02. The van der Waals surface area contributed by atoms with Crippen LogP contribution in [0.3, 0.4) is 0 Å². The number of hydrogen-bond acceptors (Lipinski definition) is 1. The lowest BCUT2D eigenvalue weighted by molar-refractivity contribution is 0.630. The van der Waals surface area contributed by atoms with Crippen molar-refractivity contribution in [3.63, 3.8) is 0 Å². The number of fused-ring (bicyclic) bond motifs is 1. The van der Waals surface area contributed by atoms with Crippen molar-refractivity contribution in [2.45, 2.75) is 6.54 Å². The maximum Gasteiger partial charge on any atom is 0.146 e. The highest BCUT2D eigenvalue weighted by Crippen LogP contribution is 2.22. The zero-order chi connectivity index (χ0) is 13.2. The molecule has 0 radical (unpaired) electrons. The Morgan fingerprint density at radius 1 is 1.05 bits per heavy atom. The van der Waals surface area contributed by atoms with Crippen molar-refractivity contribution >= 4 is 16.6 Å². The Balaban J connectivity index is 1.88. The van der Waals surface area contributed by atoms with Gasteiger partial charge in [-0.3, -0.25) is 0 Å². The summed E-state index contributed by atoms with van der Waals surface area (Å²) in [5.41, 5.74) is 2.89. The average Bonchev–Trinajstić information content (AvgIpc) is 2.75. The molecule has 0 spiro atoms. The molecule has 3 aromatic rings. The molecule has 2 nitrogen and oxygen atoms in total. The smallest absolute Gasteiger partial charge is 0.146 e. The molecule has 1 aromatic heterocycles. The zero-order valence-corrected chi connectivity index (χ0v) is 10.7. The number of halogens is 1. The average molecular weight is 254 g/mol. The Hall–Kier alpha value is -2.29. The first-order chi connectivity index (χ1) is 9.25. The first kappa shape index (κ1) is 11.8. The predicted molar refractivity (Wildman–Crippen MR) is 76.6 cm³/mol. The van der Waals surface area contributed by atoms with Gasteiger partial charge in [0, 0.05) is 30.7 Å². The minimum atomic E-state index is -0.220. The molecular formula is C16H15FN2. The van der Waals surface area contributed by atoms with E-state index in [1.54, 1.807) is 12.1 Å². The van der Waals surface area contributed by atoms with Gasteiger partial charge in [-0.1, -0.05) is 30.3 Å². The summed E-state index contributed by atoms with van der Waals surface area (Å²) in [6.45, 7) is 0.613. The highest BCUT2D eigenvalue weighted by molar-refractivity contribution is 5.84. The lowest BCUT2D eigenvalue weighted by Crippen LogP contribution is -2.00. The van der Waals surface area contributed by atoms with Gasteiger partial charge >= 0.3 is 0 Å². The number of hydrogen-bond donors (Lipinski definition) is 1. The molecule has 96 valence electrons. The normalized spacial score (nSPS) is 10.8. The van der Waals surface area contributed by atoms with Gasteiger partial charge in [-0.2, -0.15) is 0 Å². The van der Waals surface area contributed by atoms with Crippen molar-refractivity contribution in [3.05, 3.63) is 66.1 Å². The third-order valence-corrected chi connectivity index (χ3v) is 3.32. The molecule has 3 heteroatoms. The quantitative estimate of drug-likeness (QED) is 0.749. The molecule has 0 amide bonds. The second kappa shape index (κ2) is 4.76. The molecule has 0 aliphatic heterocycles. The molecule has 1 N–H and O–H groups in total. The van der Waals surface area contributed by atoms with Crippen molar-refractivity contribution in [2.75, 3.05) is 5.32 Å². The van der Waals surface area contributed by atoms with Gasteiger partial charge in [0.15, 0.2) is 0 Å². The number of rotatable bonds is 3. The molecule has 0 fully saturated rings. The van der Waals surface area contributed by atoms with Gasteiger partial charge in [0.2, 0.25) is 0 Å². The first-order valence-electron chi connectivity index (χ1n) is 6.27. The minimum absolute atomic E-state index is 0.220. The summed E-state index contributed by atoms with van der Waals surface area (Å²) in [6, 6.07) is 15.0. The van der Waals surface area contributed by atoms with Gasteiger partial charge in [-0.15, -0.1) is 0 Å². The second-order valence-electron chi connectivity index (χ2n) is 4.62. The molecule has 19 heavy (non-hydrogen) atoms. The van der Waals surface area contributed by atoms with E-state index in [9.17, 15) is 4.39 Å². The van der Waals surface area contributed by atoms with Gasteiger partial charge in [-0.25, -0.2) is 4.39 Å². The van der Waals surface area contributed by atoms with E-state index in [0.29, 0.717) is 12.2 Å². The van der Waals surface area contributed by atoms with E-state index in [0.717, 1.165) is 0 Å². The number of aromatic nitrogens is 1. The molecule has 0 aliphatic carbocycles. The van der Waals surface area contributed by atoms with E-state index in [1.165, 1.54) is 22.5 Å².